The number of nitrogens with zero attached hydrogens (tertiary/aromatic N) is 4. The van der Waals surface area contributed by atoms with E-state index in [4.69, 9.17) is 14.1 Å². The molecule has 0 aliphatic carbocycles. The van der Waals surface area contributed by atoms with Gasteiger partial charge in [-0.3, -0.25) is 14.6 Å². The van der Waals surface area contributed by atoms with E-state index in [-0.39, 0.29) is 12.1 Å². The smallest absolute Gasteiger partial charge is 0.191 e. The third kappa shape index (κ3) is 6.11. The number of ether oxygens (including phenoxy) is 1. The van der Waals surface area contributed by atoms with Crippen LogP contribution in [0.1, 0.15) is 48.4 Å². The number of hydrogen-bond donors (Lipinski definition) is 2. The molecule has 172 valence electrons. The number of aliphatic imine (C=N–C) groups is 1. The van der Waals surface area contributed by atoms with Gasteiger partial charge in [0.25, 0.3) is 0 Å². The highest BCUT2D eigenvalue weighted by Crippen LogP contribution is 2.24. The van der Waals surface area contributed by atoms with Gasteiger partial charge in [0.2, 0.25) is 0 Å². The van der Waals surface area contributed by atoms with Gasteiger partial charge in [-0.05, 0) is 58.7 Å². The second kappa shape index (κ2) is 10.8. The Balaban J connectivity index is 1.71. The summed E-state index contributed by atoms with van der Waals surface area (Å²) in [6, 6.07) is 4.43. The average Bonchev–Trinajstić information content (AvgIpc) is 3.27. The Morgan fingerprint density at radius 3 is 2.55 bits per heavy atom. The maximum absolute atomic E-state index is 5.98. The molecule has 2 unspecified atom stereocenters. The fourth-order valence-electron chi connectivity index (χ4n) is 4.11. The van der Waals surface area contributed by atoms with Gasteiger partial charge in [0, 0.05) is 38.4 Å². The van der Waals surface area contributed by atoms with Gasteiger partial charge >= 0.3 is 0 Å². The van der Waals surface area contributed by atoms with Crippen LogP contribution < -0.4 is 10.6 Å². The van der Waals surface area contributed by atoms with Crippen molar-refractivity contribution < 1.29 is 9.15 Å². The Hall–Kier alpha value is -2.32. The summed E-state index contributed by atoms with van der Waals surface area (Å²) in [5, 5.41) is 11.5. The molecule has 0 spiro atoms. The van der Waals surface area contributed by atoms with Gasteiger partial charge in [-0.1, -0.05) is 0 Å². The minimum atomic E-state index is 0.103. The van der Waals surface area contributed by atoms with Gasteiger partial charge in [0.05, 0.1) is 31.5 Å². The van der Waals surface area contributed by atoms with Crippen LogP contribution in [0.3, 0.4) is 0 Å². The largest absolute Gasteiger partial charge is 0.465 e. The van der Waals surface area contributed by atoms with E-state index in [1.165, 1.54) is 11.3 Å². The van der Waals surface area contributed by atoms with E-state index in [9.17, 15) is 0 Å². The zero-order valence-electron chi connectivity index (χ0n) is 19.9. The molecule has 2 N–H and O–H groups in total. The van der Waals surface area contributed by atoms with E-state index < -0.39 is 0 Å². The molecular formula is C23H38N6O2. The first-order valence-electron chi connectivity index (χ1n) is 11.3. The third-order valence-electron chi connectivity index (χ3n) is 5.89. The number of rotatable bonds is 8. The summed E-state index contributed by atoms with van der Waals surface area (Å²) >= 11 is 0. The van der Waals surface area contributed by atoms with Gasteiger partial charge in [0.1, 0.15) is 11.5 Å². The predicted octanol–water partition coefficient (Wildman–Crippen LogP) is 2.50. The van der Waals surface area contributed by atoms with Crippen molar-refractivity contribution in [3.8, 4) is 0 Å². The number of hydrogen-bond acceptors (Lipinski definition) is 5. The van der Waals surface area contributed by atoms with Crippen LogP contribution in [0.15, 0.2) is 21.5 Å². The van der Waals surface area contributed by atoms with Crippen molar-refractivity contribution in [1.82, 2.24) is 25.3 Å². The van der Waals surface area contributed by atoms with Crippen molar-refractivity contribution in [2.24, 2.45) is 12.0 Å². The number of aryl methyl sites for hydroxylation is 3. The second-order valence-electron chi connectivity index (χ2n) is 8.35. The maximum Gasteiger partial charge on any atom is 0.191 e. The molecule has 0 aromatic carbocycles. The summed E-state index contributed by atoms with van der Waals surface area (Å²) in [6.07, 6.45) is 0.903. The summed E-state index contributed by atoms with van der Waals surface area (Å²) in [7, 11) is 2.00. The molecular weight excluding hydrogens is 392 g/mol. The van der Waals surface area contributed by atoms with Crippen molar-refractivity contribution in [2.75, 3.05) is 39.4 Å². The Bertz CT molecular complexity index is 866. The molecule has 8 nitrogen and oxygen atoms in total. The first kappa shape index (κ1) is 23.3. The minimum Gasteiger partial charge on any atom is -0.465 e. The zero-order chi connectivity index (χ0) is 22.4. The van der Waals surface area contributed by atoms with E-state index in [1.54, 1.807) is 0 Å². The lowest BCUT2D eigenvalue weighted by molar-refractivity contribution is 0.0135. The molecule has 2 aromatic heterocycles. The number of nitrogens with one attached hydrogen (secondary N) is 2. The van der Waals surface area contributed by atoms with Crippen LogP contribution in [0.4, 0.5) is 0 Å². The highest BCUT2D eigenvalue weighted by atomic mass is 16.5. The first-order valence-corrected chi connectivity index (χ1v) is 11.3. The van der Waals surface area contributed by atoms with Crippen molar-refractivity contribution in [1.29, 1.82) is 0 Å². The van der Waals surface area contributed by atoms with E-state index in [0.29, 0.717) is 6.54 Å². The molecule has 3 heterocycles. The van der Waals surface area contributed by atoms with Crippen LogP contribution >= 0.6 is 0 Å². The lowest BCUT2D eigenvalue weighted by Crippen LogP contribution is -2.44. The highest BCUT2D eigenvalue weighted by molar-refractivity contribution is 5.80. The zero-order valence-corrected chi connectivity index (χ0v) is 19.9. The number of morpholine rings is 1. The molecule has 1 fully saturated rings. The van der Waals surface area contributed by atoms with Crippen molar-refractivity contribution in [3.05, 3.63) is 40.6 Å². The summed E-state index contributed by atoms with van der Waals surface area (Å²) in [5.74, 6) is 2.72. The molecule has 2 atom stereocenters. The molecule has 0 radical (unpaired) electrons. The lowest BCUT2D eigenvalue weighted by Gasteiger charge is -2.32. The van der Waals surface area contributed by atoms with Crippen LogP contribution in [0, 0.1) is 20.8 Å². The Kier molecular flexibility index (Phi) is 8.15. The van der Waals surface area contributed by atoms with E-state index >= 15 is 0 Å². The minimum absolute atomic E-state index is 0.103. The molecule has 0 bridgehead atoms. The molecule has 3 rings (SSSR count). The Morgan fingerprint density at radius 2 is 1.97 bits per heavy atom. The molecule has 1 aliphatic rings. The Labute approximate surface area is 186 Å². The number of guanidine groups is 1. The summed E-state index contributed by atoms with van der Waals surface area (Å²) in [5.41, 5.74) is 3.61. The lowest BCUT2D eigenvalue weighted by atomic mass is 10.1. The topological polar surface area (TPSA) is 79.8 Å². The maximum atomic E-state index is 5.98. The van der Waals surface area contributed by atoms with Gasteiger partial charge in [-0.2, -0.15) is 5.10 Å². The summed E-state index contributed by atoms with van der Waals surface area (Å²) in [4.78, 5) is 7.34. The fraction of sp³-hybridized carbons (Fsp3) is 0.652. The van der Waals surface area contributed by atoms with Gasteiger partial charge in [-0.15, -0.1) is 0 Å². The first-order chi connectivity index (χ1) is 14.9. The van der Waals surface area contributed by atoms with E-state index in [2.05, 4.69) is 54.4 Å². The summed E-state index contributed by atoms with van der Waals surface area (Å²) in [6.45, 7) is 15.2. The van der Waals surface area contributed by atoms with Gasteiger partial charge < -0.3 is 19.8 Å². The van der Waals surface area contributed by atoms with Crippen LogP contribution in [0.25, 0.3) is 0 Å². The van der Waals surface area contributed by atoms with Crippen LogP contribution in [0.2, 0.25) is 0 Å². The molecule has 8 heteroatoms. The Morgan fingerprint density at radius 1 is 1.23 bits per heavy atom. The average molecular weight is 431 g/mol. The second-order valence-corrected chi connectivity index (χ2v) is 8.35. The van der Waals surface area contributed by atoms with Crippen molar-refractivity contribution in [2.45, 2.75) is 53.1 Å². The standard InChI is InChI=1S/C23H38N6O2/c1-7-24-23(26-16(2)14-20-18(4)27-28(6)19(20)5)25-15-21(22-9-8-17(3)31-22)29-10-12-30-13-11-29/h8-9,16,21H,7,10-15H2,1-6H3,(H2,24,25,26). The van der Waals surface area contributed by atoms with Crippen LogP contribution in [-0.4, -0.2) is 66.1 Å². The molecule has 0 amide bonds. The molecule has 31 heavy (non-hydrogen) atoms. The van der Waals surface area contributed by atoms with E-state index in [0.717, 1.165) is 62.4 Å². The number of furan rings is 1. The van der Waals surface area contributed by atoms with E-state index in [1.807, 2.05) is 24.7 Å². The third-order valence-corrected chi connectivity index (χ3v) is 5.89. The SMILES string of the molecule is CCNC(=NCC(c1ccc(C)o1)N1CCOCC1)NC(C)Cc1c(C)nn(C)c1C. The van der Waals surface area contributed by atoms with Crippen LogP contribution in [0.5, 0.6) is 0 Å². The fourth-order valence-corrected chi connectivity index (χ4v) is 4.11. The molecule has 2 aromatic rings. The number of aromatic nitrogens is 2. The predicted molar refractivity (Wildman–Crippen MR) is 124 cm³/mol. The normalized spacial score (nSPS) is 17.5. The van der Waals surface area contributed by atoms with Gasteiger partial charge in [-0.25, -0.2) is 0 Å². The summed E-state index contributed by atoms with van der Waals surface area (Å²) < 4.78 is 13.5. The quantitative estimate of drug-likeness (QED) is 0.495. The highest BCUT2D eigenvalue weighted by Gasteiger charge is 2.25. The van der Waals surface area contributed by atoms with Crippen LogP contribution in [-0.2, 0) is 18.2 Å². The molecule has 1 aliphatic heterocycles. The van der Waals surface area contributed by atoms with Crippen molar-refractivity contribution in [3.63, 3.8) is 0 Å². The van der Waals surface area contributed by atoms with Crippen molar-refractivity contribution >= 4 is 5.96 Å². The molecule has 0 saturated carbocycles. The monoisotopic (exact) mass is 430 g/mol. The van der Waals surface area contributed by atoms with Gasteiger partial charge in [0.15, 0.2) is 5.96 Å². The molecule has 1 saturated heterocycles.